The minimum absolute atomic E-state index is 0.00310. The average molecular weight is 229 g/mol. The predicted molar refractivity (Wildman–Crippen MR) is 71.6 cm³/mol. The van der Waals surface area contributed by atoms with Crippen molar-refractivity contribution in [2.45, 2.75) is 13.8 Å². The van der Waals surface area contributed by atoms with Crippen molar-refractivity contribution in [1.82, 2.24) is 4.57 Å². The van der Waals surface area contributed by atoms with E-state index in [2.05, 4.69) is 10.5 Å². The number of aromatic nitrogens is 1. The number of hydrazone groups is 1. The lowest BCUT2D eigenvalue weighted by Crippen LogP contribution is -2.15. The van der Waals surface area contributed by atoms with Gasteiger partial charge in [-0.3, -0.25) is 10.2 Å². The fourth-order valence-corrected chi connectivity index (χ4v) is 1.58. The van der Waals surface area contributed by atoms with Crippen LogP contribution in [0.15, 0.2) is 40.4 Å². The zero-order chi connectivity index (χ0) is 12.4. The van der Waals surface area contributed by atoms with E-state index in [0.29, 0.717) is 5.39 Å². The second kappa shape index (κ2) is 4.41. The first-order valence-corrected chi connectivity index (χ1v) is 5.44. The van der Waals surface area contributed by atoms with E-state index < -0.39 is 0 Å². The topological polar surface area (TPSA) is 46.4 Å². The molecule has 2 aromatic rings. The van der Waals surface area contributed by atoms with E-state index in [1.165, 1.54) is 0 Å². The Labute approximate surface area is 99.6 Å². The Morgan fingerprint density at radius 1 is 1.29 bits per heavy atom. The third kappa shape index (κ3) is 2.36. The lowest BCUT2D eigenvalue weighted by Gasteiger charge is -2.04. The summed E-state index contributed by atoms with van der Waals surface area (Å²) < 4.78 is 1.57. The van der Waals surface area contributed by atoms with Gasteiger partial charge in [-0.1, -0.05) is 6.07 Å². The average Bonchev–Trinajstić information content (AvgIpc) is 2.31. The van der Waals surface area contributed by atoms with Crippen molar-refractivity contribution < 1.29 is 0 Å². The summed E-state index contributed by atoms with van der Waals surface area (Å²) in [4.78, 5) is 11.9. The molecule has 0 unspecified atom stereocenters. The number of aryl methyl sites for hydroxylation is 1. The number of anilines is 1. The van der Waals surface area contributed by atoms with Gasteiger partial charge in [-0.15, -0.1) is 0 Å². The van der Waals surface area contributed by atoms with Crippen LogP contribution in [0.4, 0.5) is 5.69 Å². The molecule has 2 rings (SSSR count). The maximum Gasteiger partial charge on any atom is 0.258 e. The highest BCUT2D eigenvalue weighted by Crippen LogP contribution is 2.15. The minimum Gasteiger partial charge on any atom is -0.318 e. The predicted octanol–water partition coefficient (Wildman–Crippen LogP) is 2.35. The van der Waals surface area contributed by atoms with Crippen molar-refractivity contribution in [2.75, 3.05) is 5.43 Å². The molecule has 17 heavy (non-hydrogen) atoms. The first kappa shape index (κ1) is 11.4. The number of pyridine rings is 1. The summed E-state index contributed by atoms with van der Waals surface area (Å²) in [6, 6.07) is 7.58. The fourth-order valence-electron chi connectivity index (χ4n) is 1.58. The molecule has 0 aliphatic rings. The Kier molecular flexibility index (Phi) is 2.95. The first-order chi connectivity index (χ1) is 8.08. The van der Waals surface area contributed by atoms with E-state index in [0.717, 1.165) is 16.8 Å². The van der Waals surface area contributed by atoms with Gasteiger partial charge >= 0.3 is 0 Å². The maximum atomic E-state index is 11.9. The van der Waals surface area contributed by atoms with Crippen molar-refractivity contribution >= 4 is 22.2 Å². The van der Waals surface area contributed by atoms with Gasteiger partial charge in [0, 0.05) is 24.3 Å². The monoisotopic (exact) mass is 229 g/mol. The molecule has 0 saturated carbocycles. The third-order valence-electron chi connectivity index (χ3n) is 2.49. The van der Waals surface area contributed by atoms with E-state index in [-0.39, 0.29) is 5.56 Å². The van der Waals surface area contributed by atoms with Gasteiger partial charge in [0.05, 0.1) is 5.69 Å². The van der Waals surface area contributed by atoms with Crippen LogP contribution >= 0.6 is 0 Å². The molecule has 1 heterocycles. The molecule has 0 spiro atoms. The van der Waals surface area contributed by atoms with Crippen molar-refractivity contribution in [3.8, 4) is 0 Å². The molecule has 4 nitrogen and oxygen atoms in total. The van der Waals surface area contributed by atoms with E-state index in [1.807, 2.05) is 38.1 Å². The van der Waals surface area contributed by atoms with Gasteiger partial charge in [-0.25, -0.2) is 0 Å². The molecule has 0 atom stereocenters. The smallest absolute Gasteiger partial charge is 0.258 e. The number of hydrogen-bond donors (Lipinski definition) is 1. The van der Waals surface area contributed by atoms with E-state index in [4.69, 9.17) is 0 Å². The second-order valence-electron chi connectivity index (χ2n) is 4.20. The standard InChI is InChI=1S/C13H15N3O/c1-9(2)14-15-11-5-4-10-6-7-16(3)13(17)12(10)8-11/h4-8,15H,1-3H3. The van der Waals surface area contributed by atoms with Crippen LogP contribution in [0.25, 0.3) is 10.8 Å². The summed E-state index contributed by atoms with van der Waals surface area (Å²) in [6.45, 7) is 3.82. The fraction of sp³-hybridized carbons (Fsp3) is 0.231. The lowest BCUT2D eigenvalue weighted by molar-refractivity contribution is 0.873. The van der Waals surface area contributed by atoms with Gasteiger partial charge in [0.15, 0.2) is 0 Å². The van der Waals surface area contributed by atoms with E-state index in [9.17, 15) is 4.79 Å². The van der Waals surface area contributed by atoms with Gasteiger partial charge in [0.25, 0.3) is 5.56 Å². The van der Waals surface area contributed by atoms with Crippen LogP contribution in [-0.2, 0) is 7.05 Å². The van der Waals surface area contributed by atoms with Crippen LogP contribution in [0.1, 0.15) is 13.8 Å². The van der Waals surface area contributed by atoms with Crippen LogP contribution in [-0.4, -0.2) is 10.3 Å². The minimum atomic E-state index is 0.00310. The summed E-state index contributed by atoms with van der Waals surface area (Å²) in [5.74, 6) is 0. The van der Waals surface area contributed by atoms with Gasteiger partial charge in [-0.2, -0.15) is 5.10 Å². The van der Waals surface area contributed by atoms with Gasteiger partial charge in [0.2, 0.25) is 0 Å². The highest BCUT2D eigenvalue weighted by Gasteiger charge is 2.01. The molecule has 0 aliphatic heterocycles. The quantitative estimate of drug-likeness (QED) is 0.634. The Balaban J connectivity index is 2.53. The summed E-state index contributed by atoms with van der Waals surface area (Å²) >= 11 is 0. The van der Waals surface area contributed by atoms with Crippen LogP contribution in [0.2, 0.25) is 0 Å². The van der Waals surface area contributed by atoms with Gasteiger partial charge in [0.1, 0.15) is 0 Å². The molecule has 1 aromatic heterocycles. The molecule has 4 heteroatoms. The van der Waals surface area contributed by atoms with Crippen LogP contribution in [0, 0.1) is 0 Å². The van der Waals surface area contributed by atoms with Gasteiger partial charge in [-0.05, 0) is 37.4 Å². The summed E-state index contributed by atoms with van der Waals surface area (Å²) in [6.07, 6.45) is 1.77. The molecule has 88 valence electrons. The zero-order valence-electron chi connectivity index (χ0n) is 10.2. The van der Waals surface area contributed by atoms with Crippen LogP contribution in [0.5, 0.6) is 0 Å². The van der Waals surface area contributed by atoms with Crippen molar-refractivity contribution in [3.63, 3.8) is 0 Å². The Bertz CT molecular complexity index is 637. The lowest BCUT2D eigenvalue weighted by atomic mass is 10.1. The Hall–Kier alpha value is -2.10. The highest BCUT2D eigenvalue weighted by molar-refractivity contribution is 5.85. The first-order valence-electron chi connectivity index (χ1n) is 5.44. The molecule has 0 aliphatic carbocycles. The van der Waals surface area contributed by atoms with Crippen molar-refractivity contribution in [3.05, 3.63) is 40.8 Å². The molecule has 0 amide bonds. The largest absolute Gasteiger partial charge is 0.318 e. The maximum absolute atomic E-state index is 11.9. The summed E-state index contributed by atoms with van der Waals surface area (Å²) in [5.41, 5.74) is 4.68. The number of rotatable bonds is 2. The van der Waals surface area contributed by atoms with Crippen LogP contribution in [0.3, 0.4) is 0 Å². The number of nitrogens with one attached hydrogen (secondary N) is 1. The number of hydrogen-bond acceptors (Lipinski definition) is 3. The second-order valence-corrected chi connectivity index (χ2v) is 4.20. The van der Waals surface area contributed by atoms with E-state index >= 15 is 0 Å². The van der Waals surface area contributed by atoms with Crippen LogP contribution < -0.4 is 11.0 Å². The molecular weight excluding hydrogens is 214 g/mol. The molecule has 0 fully saturated rings. The van der Waals surface area contributed by atoms with Gasteiger partial charge < -0.3 is 4.57 Å². The molecular formula is C13H15N3O. The molecule has 0 radical (unpaired) electrons. The van der Waals surface area contributed by atoms with E-state index in [1.54, 1.807) is 17.8 Å². The molecule has 0 bridgehead atoms. The summed E-state index contributed by atoms with van der Waals surface area (Å²) in [5, 5.41) is 5.75. The Morgan fingerprint density at radius 2 is 2.06 bits per heavy atom. The third-order valence-corrected chi connectivity index (χ3v) is 2.49. The Morgan fingerprint density at radius 3 is 2.76 bits per heavy atom. The SMILES string of the molecule is CC(C)=NNc1ccc2ccn(C)c(=O)c2c1. The number of nitrogens with zero attached hydrogens (tertiary/aromatic N) is 2. The molecule has 1 N–H and O–H groups in total. The molecule has 0 saturated heterocycles. The zero-order valence-corrected chi connectivity index (χ0v) is 10.2. The number of benzene rings is 1. The highest BCUT2D eigenvalue weighted by atomic mass is 16.1. The number of fused-ring (bicyclic) bond motifs is 1. The van der Waals surface area contributed by atoms with Crippen molar-refractivity contribution in [2.24, 2.45) is 12.1 Å². The van der Waals surface area contributed by atoms with Crippen molar-refractivity contribution in [1.29, 1.82) is 0 Å². The summed E-state index contributed by atoms with van der Waals surface area (Å²) in [7, 11) is 1.75. The molecule has 1 aromatic carbocycles. The normalized spacial score (nSPS) is 10.3.